The summed E-state index contributed by atoms with van der Waals surface area (Å²) in [5.74, 6) is -1.23. The number of carbonyl (C=O) groups is 1. The first kappa shape index (κ1) is 21.4. The van der Waals surface area contributed by atoms with Crippen molar-refractivity contribution < 1.29 is 32.2 Å². The lowest BCUT2D eigenvalue weighted by atomic mass is 9.94. The molecule has 2 saturated heterocycles. The Bertz CT molecular complexity index is 762. The molecule has 2 aliphatic rings. The third-order valence-corrected chi connectivity index (χ3v) is 7.11. The molecular formula is C20H28O7S. The van der Waals surface area contributed by atoms with E-state index < -0.39 is 33.8 Å². The van der Waals surface area contributed by atoms with Gasteiger partial charge in [0.25, 0.3) is 0 Å². The molecule has 7 nitrogen and oxygen atoms in total. The van der Waals surface area contributed by atoms with Gasteiger partial charge in [0.2, 0.25) is 0 Å². The molecule has 0 unspecified atom stereocenters. The molecule has 156 valence electrons. The van der Waals surface area contributed by atoms with Crippen molar-refractivity contribution in [3.8, 4) is 0 Å². The maximum absolute atomic E-state index is 12.9. The number of rotatable bonds is 8. The second-order valence-corrected chi connectivity index (χ2v) is 9.79. The van der Waals surface area contributed by atoms with Crippen LogP contribution < -0.4 is 0 Å². The highest BCUT2D eigenvalue weighted by molar-refractivity contribution is 7.91. The van der Waals surface area contributed by atoms with E-state index in [2.05, 4.69) is 0 Å². The van der Waals surface area contributed by atoms with Crippen LogP contribution in [0.5, 0.6) is 0 Å². The van der Waals surface area contributed by atoms with Crippen LogP contribution in [0.25, 0.3) is 0 Å². The molecule has 28 heavy (non-hydrogen) atoms. The van der Waals surface area contributed by atoms with Gasteiger partial charge in [0.15, 0.2) is 15.6 Å². The Kier molecular flexibility index (Phi) is 6.56. The Morgan fingerprint density at radius 1 is 1.21 bits per heavy atom. The normalized spacial score (nSPS) is 32.5. The van der Waals surface area contributed by atoms with E-state index in [0.29, 0.717) is 13.0 Å². The average Bonchev–Trinajstić information content (AvgIpc) is 3.15. The fraction of sp³-hybridized carbons (Fsp3) is 0.650. The first-order valence-electron chi connectivity index (χ1n) is 9.47. The van der Waals surface area contributed by atoms with Gasteiger partial charge in [0.05, 0.1) is 41.7 Å². The monoisotopic (exact) mass is 412 g/mol. The predicted octanol–water partition coefficient (Wildman–Crippen LogP) is 1.99. The third-order valence-electron chi connectivity index (χ3n) is 5.29. The minimum absolute atomic E-state index is 0.124. The van der Waals surface area contributed by atoms with Crippen molar-refractivity contribution in [3.63, 3.8) is 0 Å². The van der Waals surface area contributed by atoms with Crippen LogP contribution in [0.3, 0.4) is 0 Å². The topological polar surface area (TPSA) is 88.1 Å². The van der Waals surface area contributed by atoms with Crippen molar-refractivity contribution in [1.29, 1.82) is 0 Å². The van der Waals surface area contributed by atoms with Crippen LogP contribution in [0.4, 0.5) is 0 Å². The van der Waals surface area contributed by atoms with E-state index in [9.17, 15) is 13.2 Å². The average molecular weight is 413 g/mol. The van der Waals surface area contributed by atoms with Gasteiger partial charge in [-0.1, -0.05) is 18.2 Å². The number of aldehydes is 1. The number of hydrogen-bond acceptors (Lipinski definition) is 7. The first-order chi connectivity index (χ1) is 13.3. The van der Waals surface area contributed by atoms with Crippen LogP contribution in [0.2, 0.25) is 0 Å². The molecule has 0 radical (unpaired) electrons. The Labute approximate surface area is 166 Å². The summed E-state index contributed by atoms with van der Waals surface area (Å²) in [6.45, 7) is 4.14. The molecule has 2 aliphatic heterocycles. The number of methoxy groups -OCH3 is 1. The molecule has 0 aliphatic carbocycles. The van der Waals surface area contributed by atoms with E-state index >= 15 is 0 Å². The van der Waals surface area contributed by atoms with Gasteiger partial charge in [-0.15, -0.1) is 0 Å². The van der Waals surface area contributed by atoms with E-state index in [1.54, 1.807) is 37.4 Å². The first-order valence-corrected chi connectivity index (χ1v) is 11.1. The highest BCUT2D eigenvalue weighted by Crippen LogP contribution is 2.37. The standard InChI is InChI=1S/C20H28O7S/c1-20(2)25-12-14(27-20)11-18-19(24-3)16(17(26-18)9-10-21)13-28(22,23)15-7-5-4-6-8-15/h4-8,10,14,16-19H,9,11-13H2,1-3H3/t14-,16+,17-,18+,19+/m0/s1. The lowest BCUT2D eigenvalue weighted by molar-refractivity contribution is -0.144. The van der Waals surface area contributed by atoms with Gasteiger partial charge < -0.3 is 23.7 Å². The third kappa shape index (κ3) is 4.80. The number of carbonyl (C=O) groups excluding carboxylic acids is 1. The summed E-state index contributed by atoms with van der Waals surface area (Å²) >= 11 is 0. The summed E-state index contributed by atoms with van der Waals surface area (Å²) in [6, 6.07) is 8.30. The van der Waals surface area contributed by atoms with Gasteiger partial charge in [-0.25, -0.2) is 8.42 Å². The Morgan fingerprint density at radius 2 is 1.93 bits per heavy atom. The van der Waals surface area contributed by atoms with Crippen LogP contribution in [-0.4, -0.2) is 64.4 Å². The van der Waals surface area contributed by atoms with Crippen molar-refractivity contribution >= 4 is 16.1 Å². The van der Waals surface area contributed by atoms with E-state index in [-0.39, 0.29) is 29.3 Å². The molecular weight excluding hydrogens is 384 g/mol. The van der Waals surface area contributed by atoms with Crippen molar-refractivity contribution in [1.82, 2.24) is 0 Å². The quantitative estimate of drug-likeness (QED) is 0.603. The molecule has 0 amide bonds. The SMILES string of the molecule is CO[C@@H]1[C@H](CS(=O)(=O)c2ccccc2)[C@H](CC=O)O[C@@H]1C[C@H]1COC(C)(C)O1. The second-order valence-electron chi connectivity index (χ2n) is 7.76. The smallest absolute Gasteiger partial charge is 0.178 e. The molecule has 1 aromatic carbocycles. The molecule has 0 bridgehead atoms. The predicted molar refractivity (Wildman–Crippen MR) is 102 cm³/mol. The fourth-order valence-electron chi connectivity index (χ4n) is 4.05. The van der Waals surface area contributed by atoms with Crippen molar-refractivity contribution in [2.45, 2.75) is 61.8 Å². The van der Waals surface area contributed by atoms with Crippen molar-refractivity contribution in [2.24, 2.45) is 5.92 Å². The Hall–Kier alpha value is -1.32. The molecule has 5 atom stereocenters. The largest absolute Gasteiger partial charge is 0.378 e. The number of hydrogen-bond donors (Lipinski definition) is 0. The summed E-state index contributed by atoms with van der Waals surface area (Å²) in [6.07, 6.45) is -0.0949. The van der Waals surface area contributed by atoms with Crippen molar-refractivity contribution in [2.75, 3.05) is 19.5 Å². The zero-order chi connectivity index (χ0) is 20.4. The molecule has 1 aromatic rings. The highest BCUT2D eigenvalue weighted by Gasteiger charge is 2.48. The van der Waals surface area contributed by atoms with E-state index in [1.807, 2.05) is 13.8 Å². The highest BCUT2D eigenvalue weighted by atomic mass is 32.2. The Morgan fingerprint density at radius 3 is 2.50 bits per heavy atom. The maximum atomic E-state index is 12.9. The summed E-state index contributed by atoms with van der Waals surface area (Å²) in [5.41, 5.74) is 0. The molecule has 0 aromatic heterocycles. The summed E-state index contributed by atoms with van der Waals surface area (Å²) in [4.78, 5) is 11.4. The zero-order valence-corrected chi connectivity index (χ0v) is 17.3. The summed E-state index contributed by atoms with van der Waals surface area (Å²) < 4.78 is 49.0. The van der Waals surface area contributed by atoms with Crippen LogP contribution in [0, 0.1) is 5.92 Å². The van der Waals surface area contributed by atoms with Gasteiger partial charge in [-0.05, 0) is 26.0 Å². The molecule has 0 spiro atoms. The number of sulfone groups is 1. The van der Waals surface area contributed by atoms with Gasteiger partial charge in [0.1, 0.15) is 6.29 Å². The molecule has 2 fully saturated rings. The van der Waals surface area contributed by atoms with Crippen LogP contribution >= 0.6 is 0 Å². The molecule has 0 saturated carbocycles. The van der Waals surface area contributed by atoms with Gasteiger partial charge in [-0.2, -0.15) is 0 Å². The summed E-state index contributed by atoms with van der Waals surface area (Å²) in [7, 11) is -2.00. The molecule has 3 rings (SSSR count). The molecule has 8 heteroatoms. The molecule has 2 heterocycles. The van der Waals surface area contributed by atoms with Gasteiger partial charge in [-0.3, -0.25) is 0 Å². The Balaban J connectivity index is 1.77. The van der Waals surface area contributed by atoms with Crippen LogP contribution in [-0.2, 0) is 33.6 Å². The second kappa shape index (κ2) is 8.59. The number of benzene rings is 1. The van der Waals surface area contributed by atoms with Gasteiger partial charge >= 0.3 is 0 Å². The molecule has 0 N–H and O–H groups in total. The lowest BCUT2D eigenvalue weighted by Crippen LogP contribution is -2.36. The fourth-order valence-corrected chi connectivity index (χ4v) is 5.72. The minimum atomic E-state index is -3.54. The lowest BCUT2D eigenvalue weighted by Gasteiger charge is -2.24. The summed E-state index contributed by atoms with van der Waals surface area (Å²) in [5, 5.41) is 0. The van der Waals surface area contributed by atoms with Crippen LogP contribution in [0.15, 0.2) is 35.2 Å². The van der Waals surface area contributed by atoms with E-state index in [0.717, 1.165) is 6.29 Å². The maximum Gasteiger partial charge on any atom is 0.178 e. The van der Waals surface area contributed by atoms with Crippen LogP contribution in [0.1, 0.15) is 26.7 Å². The van der Waals surface area contributed by atoms with Gasteiger partial charge in [0, 0.05) is 25.9 Å². The van der Waals surface area contributed by atoms with Crippen molar-refractivity contribution in [3.05, 3.63) is 30.3 Å². The zero-order valence-electron chi connectivity index (χ0n) is 16.4. The van der Waals surface area contributed by atoms with E-state index in [4.69, 9.17) is 18.9 Å². The minimum Gasteiger partial charge on any atom is -0.378 e. The number of ether oxygens (including phenoxy) is 4. The van der Waals surface area contributed by atoms with E-state index in [1.165, 1.54) is 0 Å².